The van der Waals surface area contributed by atoms with Gasteiger partial charge in [-0.05, 0) is 71.2 Å². The van der Waals surface area contributed by atoms with Crippen molar-refractivity contribution in [3.63, 3.8) is 0 Å². The summed E-state index contributed by atoms with van der Waals surface area (Å²) < 4.78 is 0. The average Bonchev–Trinajstić information content (AvgIpc) is 2.74. The van der Waals surface area contributed by atoms with Gasteiger partial charge < -0.3 is 4.79 Å². The number of aldehydes is 1. The minimum absolute atomic E-state index is 0.563. The van der Waals surface area contributed by atoms with Crippen LogP contribution in [0.2, 0.25) is 0 Å². The summed E-state index contributed by atoms with van der Waals surface area (Å²) in [5.74, 6) is 0.563. The smallest absolute Gasteiger partial charge is 0.116 e. The van der Waals surface area contributed by atoms with Crippen molar-refractivity contribution >= 4 is 17.4 Å². The first-order valence-corrected chi connectivity index (χ1v) is 10.4. The summed E-state index contributed by atoms with van der Waals surface area (Å²) in [6.07, 6.45) is 2.93. The van der Waals surface area contributed by atoms with Gasteiger partial charge in [0.1, 0.15) is 6.29 Å². The lowest BCUT2D eigenvalue weighted by molar-refractivity contribution is -0.106. The molecule has 0 N–H and O–H groups in total. The zero-order valence-corrected chi connectivity index (χ0v) is 18.8. The third-order valence-corrected chi connectivity index (χ3v) is 5.13. The van der Waals surface area contributed by atoms with Crippen molar-refractivity contribution in [2.45, 2.75) is 40.5 Å². The van der Waals surface area contributed by atoms with Gasteiger partial charge >= 0.3 is 0 Å². The Morgan fingerprint density at radius 3 is 1.87 bits per heavy atom. The Labute approximate surface area is 181 Å². The fourth-order valence-electron chi connectivity index (χ4n) is 3.38. The lowest BCUT2D eigenvalue weighted by Gasteiger charge is -2.09. The van der Waals surface area contributed by atoms with Crippen LogP contribution in [-0.4, -0.2) is 6.29 Å². The number of hydrogen-bond donors (Lipinski definition) is 0. The van der Waals surface area contributed by atoms with Crippen LogP contribution in [0.4, 0.5) is 0 Å². The van der Waals surface area contributed by atoms with Crippen LogP contribution < -0.4 is 0 Å². The highest BCUT2D eigenvalue weighted by atomic mass is 16.1. The van der Waals surface area contributed by atoms with Crippen LogP contribution in [0.3, 0.4) is 0 Å². The Morgan fingerprint density at radius 2 is 1.37 bits per heavy atom. The molecule has 0 aliphatic carbocycles. The monoisotopic (exact) mass is 396 g/mol. The second-order valence-electron chi connectivity index (χ2n) is 7.76. The molecule has 1 nitrogen and oxygen atoms in total. The van der Waals surface area contributed by atoms with Crippen LogP contribution in [0.1, 0.15) is 55.9 Å². The van der Waals surface area contributed by atoms with Gasteiger partial charge in [0.2, 0.25) is 0 Å². The highest BCUT2D eigenvalue weighted by molar-refractivity contribution is 5.83. The van der Waals surface area contributed by atoms with Gasteiger partial charge in [0.05, 0.1) is 0 Å². The standard InChI is InChI=1S/C27H28.C2H4O/c1-19(2)23-10-14-25(15-11-23)26-16-12-24(13-17-26)21(4)18-22(5)27-9-7-6-8-20(27)3;1-2-3/h6-19H,4H2,1-3,5H3;2H,1H3/b22-18-;. The van der Waals surface area contributed by atoms with Crippen molar-refractivity contribution in [1.82, 2.24) is 0 Å². The number of rotatable bonds is 5. The lowest BCUT2D eigenvalue weighted by atomic mass is 9.95. The van der Waals surface area contributed by atoms with Gasteiger partial charge in [-0.15, -0.1) is 0 Å². The molecule has 0 aliphatic rings. The molecular weight excluding hydrogens is 364 g/mol. The van der Waals surface area contributed by atoms with E-state index in [1.54, 1.807) is 0 Å². The van der Waals surface area contributed by atoms with Crippen LogP contribution >= 0.6 is 0 Å². The van der Waals surface area contributed by atoms with Gasteiger partial charge in [-0.2, -0.15) is 0 Å². The number of aryl methyl sites for hydroxylation is 1. The van der Waals surface area contributed by atoms with Crippen LogP contribution in [-0.2, 0) is 4.79 Å². The third kappa shape index (κ3) is 6.15. The van der Waals surface area contributed by atoms with E-state index in [1.807, 2.05) is 0 Å². The van der Waals surface area contributed by atoms with Crippen LogP contribution in [0.25, 0.3) is 22.3 Å². The summed E-state index contributed by atoms with van der Waals surface area (Å²) in [5, 5.41) is 0. The van der Waals surface area contributed by atoms with Crippen molar-refractivity contribution in [3.8, 4) is 11.1 Å². The maximum absolute atomic E-state index is 8.81. The first-order chi connectivity index (χ1) is 14.4. The molecule has 0 spiro atoms. The topological polar surface area (TPSA) is 17.1 Å². The molecule has 1 heteroatoms. The number of carbonyl (C=O) groups is 1. The van der Waals surface area contributed by atoms with Gasteiger partial charge in [0, 0.05) is 0 Å². The Morgan fingerprint density at radius 1 is 0.867 bits per heavy atom. The molecule has 0 aromatic heterocycles. The number of allylic oxidation sites excluding steroid dienone is 3. The second-order valence-corrected chi connectivity index (χ2v) is 7.76. The second kappa shape index (κ2) is 11.1. The summed E-state index contributed by atoms with van der Waals surface area (Å²) in [4.78, 5) is 8.81. The van der Waals surface area contributed by atoms with E-state index >= 15 is 0 Å². The molecule has 154 valence electrons. The largest absolute Gasteiger partial charge is 0.304 e. The Bertz CT molecular complexity index is 1000. The Balaban J connectivity index is 0.00000101. The quantitative estimate of drug-likeness (QED) is 0.314. The molecule has 0 saturated carbocycles. The Kier molecular flexibility index (Phi) is 8.55. The lowest BCUT2D eigenvalue weighted by Crippen LogP contribution is -1.88. The van der Waals surface area contributed by atoms with Crippen molar-refractivity contribution < 1.29 is 4.79 Å². The highest BCUT2D eigenvalue weighted by Crippen LogP contribution is 2.27. The van der Waals surface area contributed by atoms with E-state index in [4.69, 9.17) is 4.79 Å². The van der Waals surface area contributed by atoms with Gasteiger partial charge in [-0.1, -0.05) is 99.3 Å². The summed E-state index contributed by atoms with van der Waals surface area (Å²) in [6, 6.07) is 26.0. The number of benzene rings is 3. The van der Waals surface area contributed by atoms with Gasteiger partial charge in [-0.3, -0.25) is 0 Å². The molecule has 0 atom stereocenters. The van der Waals surface area contributed by atoms with E-state index in [0.717, 1.165) is 17.4 Å². The molecule has 0 heterocycles. The van der Waals surface area contributed by atoms with Gasteiger partial charge in [0.25, 0.3) is 0 Å². The minimum Gasteiger partial charge on any atom is -0.304 e. The average molecular weight is 397 g/mol. The predicted octanol–water partition coefficient (Wildman–Crippen LogP) is 8.11. The van der Waals surface area contributed by atoms with E-state index in [9.17, 15) is 0 Å². The van der Waals surface area contributed by atoms with Gasteiger partial charge in [-0.25, -0.2) is 0 Å². The minimum atomic E-state index is 0.563. The molecule has 3 rings (SSSR count). The molecule has 0 fully saturated rings. The highest BCUT2D eigenvalue weighted by Gasteiger charge is 2.04. The fraction of sp³-hybridized carbons (Fsp3) is 0.207. The normalized spacial score (nSPS) is 10.9. The van der Waals surface area contributed by atoms with E-state index in [1.165, 1.54) is 40.3 Å². The molecule has 3 aromatic rings. The fourth-order valence-corrected chi connectivity index (χ4v) is 3.38. The molecule has 0 bridgehead atoms. The van der Waals surface area contributed by atoms with E-state index in [2.05, 4.69) is 113 Å². The maximum atomic E-state index is 8.81. The van der Waals surface area contributed by atoms with Crippen molar-refractivity contribution in [2.24, 2.45) is 0 Å². The SMILES string of the molecule is C=C(/C=C(/C)c1ccccc1C)c1ccc(-c2ccc(C(C)C)cc2)cc1.CC=O. The Hall–Kier alpha value is -3.19. The molecule has 0 aliphatic heterocycles. The molecule has 0 amide bonds. The number of carbonyl (C=O) groups excluding carboxylic acids is 1. The van der Waals surface area contributed by atoms with Crippen LogP contribution in [0, 0.1) is 6.92 Å². The molecule has 0 unspecified atom stereocenters. The first-order valence-electron chi connectivity index (χ1n) is 10.4. The number of hydrogen-bond acceptors (Lipinski definition) is 1. The van der Waals surface area contributed by atoms with Crippen molar-refractivity contribution in [1.29, 1.82) is 0 Å². The summed E-state index contributed by atoms with van der Waals surface area (Å²) in [7, 11) is 0. The van der Waals surface area contributed by atoms with Crippen molar-refractivity contribution in [2.75, 3.05) is 0 Å². The molecule has 30 heavy (non-hydrogen) atoms. The van der Waals surface area contributed by atoms with E-state index in [-0.39, 0.29) is 0 Å². The molecule has 0 saturated heterocycles. The summed E-state index contributed by atoms with van der Waals surface area (Å²) >= 11 is 0. The van der Waals surface area contributed by atoms with E-state index < -0.39 is 0 Å². The van der Waals surface area contributed by atoms with Crippen molar-refractivity contribution in [3.05, 3.63) is 108 Å². The predicted molar refractivity (Wildman–Crippen MR) is 132 cm³/mol. The molecule has 3 aromatic carbocycles. The van der Waals surface area contributed by atoms with Gasteiger partial charge in [0.15, 0.2) is 0 Å². The zero-order chi connectivity index (χ0) is 22.1. The zero-order valence-electron chi connectivity index (χ0n) is 18.8. The first kappa shape index (κ1) is 23.1. The summed E-state index contributed by atoms with van der Waals surface area (Å²) in [6.45, 7) is 14.5. The van der Waals surface area contributed by atoms with Crippen LogP contribution in [0.5, 0.6) is 0 Å². The molecular formula is C29H32O. The van der Waals surface area contributed by atoms with Crippen LogP contribution in [0.15, 0.2) is 85.5 Å². The maximum Gasteiger partial charge on any atom is 0.116 e. The van der Waals surface area contributed by atoms with E-state index in [0.29, 0.717) is 5.92 Å². The third-order valence-electron chi connectivity index (χ3n) is 5.13. The summed E-state index contributed by atoms with van der Waals surface area (Å²) in [5.41, 5.74) is 9.87. The molecule has 0 radical (unpaired) electrons.